The molecule has 0 radical (unpaired) electrons. The van der Waals surface area contributed by atoms with Gasteiger partial charge in [-0.2, -0.15) is 5.10 Å². The van der Waals surface area contributed by atoms with Gasteiger partial charge in [0.2, 0.25) is 0 Å². The minimum Gasteiger partial charge on any atom is -0.369 e. The minimum atomic E-state index is -0.224. The molecule has 2 aromatic carbocycles. The highest BCUT2D eigenvalue weighted by atomic mass is 19.1. The molecule has 0 spiro atoms. The molecule has 29 heavy (non-hydrogen) atoms. The number of hydrogen-bond acceptors (Lipinski definition) is 4. The Bertz CT molecular complexity index is 1020. The van der Waals surface area contributed by atoms with Crippen LogP contribution in [0.3, 0.4) is 0 Å². The summed E-state index contributed by atoms with van der Waals surface area (Å²) in [6.45, 7) is 5.46. The van der Waals surface area contributed by atoms with Gasteiger partial charge in [-0.25, -0.2) is 14.1 Å². The standard InChI is InChI=1S/C22H24FN5O/c1-15-11-19(28-14-24-13-25-28)6-7-20(15)22(29)26-18-4-3-9-27(12-18)21-8-5-17(23)10-16(21)2/h5-8,10-11,13-14,18H,3-4,9,12H2,1-2H3,(H,26,29). The van der Waals surface area contributed by atoms with Crippen LogP contribution in [0.4, 0.5) is 10.1 Å². The fraction of sp³-hybridized carbons (Fsp3) is 0.318. The van der Waals surface area contributed by atoms with Gasteiger partial charge in [-0.1, -0.05) is 0 Å². The number of hydrogen-bond donors (Lipinski definition) is 1. The van der Waals surface area contributed by atoms with E-state index in [2.05, 4.69) is 20.3 Å². The summed E-state index contributed by atoms with van der Waals surface area (Å²) in [7, 11) is 0. The lowest BCUT2D eigenvalue weighted by Crippen LogP contribution is -2.48. The van der Waals surface area contributed by atoms with Crippen LogP contribution in [-0.4, -0.2) is 39.8 Å². The van der Waals surface area contributed by atoms with Crippen LogP contribution in [-0.2, 0) is 0 Å². The van der Waals surface area contributed by atoms with Gasteiger partial charge in [0.15, 0.2) is 0 Å². The molecule has 0 aliphatic carbocycles. The molecule has 0 bridgehead atoms. The maximum atomic E-state index is 13.4. The van der Waals surface area contributed by atoms with Gasteiger partial charge in [-0.15, -0.1) is 0 Å². The molecule has 6 nitrogen and oxygen atoms in total. The van der Waals surface area contributed by atoms with Crippen LogP contribution in [0.25, 0.3) is 5.69 Å². The van der Waals surface area contributed by atoms with Gasteiger partial charge in [0.1, 0.15) is 18.5 Å². The summed E-state index contributed by atoms with van der Waals surface area (Å²) in [6, 6.07) is 10.5. The SMILES string of the molecule is Cc1cc(-n2cncn2)ccc1C(=O)NC1CCCN(c2ccc(F)cc2C)C1. The molecule has 1 aliphatic rings. The molecule has 1 aromatic heterocycles. The largest absolute Gasteiger partial charge is 0.369 e. The molecule has 1 N–H and O–H groups in total. The second kappa shape index (κ2) is 8.03. The molecule has 1 amide bonds. The maximum absolute atomic E-state index is 13.4. The first-order valence-corrected chi connectivity index (χ1v) is 9.79. The molecule has 1 atom stereocenters. The van der Waals surface area contributed by atoms with Gasteiger partial charge >= 0.3 is 0 Å². The van der Waals surface area contributed by atoms with Crippen molar-refractivity contribution in [2.45, 2.75) is 32.7 Å². The van der Waals surface area contributed by atoms with Gasteiger partial charge in [0.25, 0.3) is 5.91 Å². The number of benzene rings is 2. The first-order valence-electron chi connectivity index (χ1n) is 9.79. The summed E-state index contributed by atoms with van der Waals surface area (Å²) in [5.41, 5.74) is 4.35. The van der Waals surface area contributed by atoms with Crippen molar-refractivity contribution in [3.63, 3.8) is 0 Å². The fourth-order valence-corrected chi connectivity index (χ4v) is 3.94. The Kier molecular flexibility index (Phi) is 5.29. The normalized spacial score (nSPS) is 16.7. The Hall–Kier alpha value is -3.22. The molecule has 4 rings (SSSR count). The number of amides is 1. The molecule has 1 aliphatic heterocycles. The first kappa shape index (κ1) is 19.1. The summed E-state index contributed by atoms with van der Waals surface area (Å²) in [5, 5.41) is 7.29. The molecule has 1 saturated heterocycles. The van der Waals surface area contributed by atoms with E-state index in [-0.39, 0.29) is 17.8 Å². The third-order valence-electron chi connectivity index (χ3n) is 5.39. The molecule has 7 heteroatoms. The van der Waals surface area contributed by atoms with Crippen LogP contribution in [0.1, 0.15) is 34.3 Å². The van der Waals surface area contributed by atoms with E-state index in [1.54, 1.807) is 17.1 Å². The van der Waals surface area contributed by atoms with Crippen molar-refractivity contribution in [1.82, 2.24) is 20.1 Å². The smallest absolute Gasteiger partial charge is 0.251 e. The number of carbonyl (C=O) groups is 1. The van der Waals surface area contributed by atoms with E-state index in [4.69, 9.17) is 0 Å². The van der Waals surface area contributed by atoms with Crippen molar-refractivity contribution in [3.05, 3.63) is 71.6 Å². The third-order valence-corrected chi connectivity index (χ3v) is 5.39. The maximum Gasteiger partial charge on any atom is 0.251 e. The Morgan fingerprint density at radius 2 is 2.03 bits per heavy atom. The summed E-state index contributed by atoms with van der Waals surface area (Å²) in [4.78, 5) is 19.1. The van der Waals surface area contributed by atoms with Crippen molar-refractivity contribution < 1.29 is 9.18 Å². The molecule has 1 fully saturated rings. The Balaban J connectivity index is 1.45. The predicted molar refractivity (Wildman–Crippen MR) is 110 cm³/mol. The number of aryl methyl sites for hydroxylation is 2. The quantitative estimate of drug-likeness (QED) is 0.738. The first-order chi connectivity index (χ1) is 14.0. The van der Waals surface area contributed by atoms with E-state index in [1.165, 1.54) is 12.4 Å². The van der Waals surface area contributed by atoms with E-state index < -0.39 is 0 Å². The van der Waals surface area contributed by atoms with Gasteiger partial charge in [0, 0.05) is 30.4 Å². The van der Waals surface area contributed by atoms with Crippen LogP contribution in [0, 0.1) is 19.7 Å². The van der Waals surface area contributed by atoms with Crippen molar-refractivity contribution in [3.8, 4) is 5.69 Å². The monoisotopic (exact) mass is 393 g/mol. The van der Waals surface area contributed by atoms with Crippen LogP contribution in [0.2, 0.25) is 0 Å². The van der Waals surface area contributed by atoms with E-state index in [0.717, 1.165) is 41.9 Å². The second-order valence-electron chi connectivity index (χ2n) is 7.53. The highest BCUT2D eigenvalue weighted by molar-refractivity contribution is 5.96. The lowest BCUT2D eigenvalue weighted by Gasteiger charge is -2.35. The van der Waals surface area contributed by atoms with Gasteiger partial charge < -0.3 is 10.2 Å². The lowest BCUT2D eigenvalue weighted by atomic mass is 10.0. The molecule has 1 unspecified atom stereocenters. The molecule has 2 heterocycles. The van der Waals surface area contributed by atoms with E-state index in [1.807, 2.05) is 38.1 Å². The number of rotatable bonds is 4. The van der Waals surface area contributed by atoms with Gasteiger partial charge in [0.05, 0.1) is 5.69 Å². The van der Waals surface area contributed by atoms with Gasteiger partial charge in [-0.3, -0.25) is 4.79 Å². The summed E-state index contributed by atoms with van der Waals surface area (Å²) in [5.74, 6) is -0.298. The molecular weight excluding hydrogens is 369 g/mol. The van der Waals surface area contributed by atoms with Crippen molar-refractivity contribution in [1.29, 1.82) is 0 Å². The average Bonchev–Trinajstić information content (AvgIpc) is 3.23. The zero-order valence-electron chi connectivity index (χ0n) is 16.6. The van der Waals surface area contributed by atoms with E-state index in [9.17, 15) is 9.18 Å². The Labute approximate surface area is 169 Å². The van der Waals surface area contributed by atoms with Crippen LogP contribution >= 0.6 is 0 Å². The molecule has 150 valence electrons. The number of nitrogens with one attached hydrogen (secondary N) is 1. The Morgan fingerprint density at radius 1 is 1.17 bits per heavy atom. The Morgan fingerprint density at radius 3 is 2.76 bits per heavy atom. The molecule has 3 aromatic rings. The lowest BCUT2D eigenvalue weighted by molar-refractivity contribution is 0.0932. The summed E-state index contributed by atoms with van der Waals surface area (Å²) < 4.78 is 15.1. The number of halogens is 1. The highest BCUT2D eigenvalue weighted by Gasteiger charge is 2.23. The topological polar surface area (TPSA) is 63.1 Å². The summed E-state index contributed by atoms with van der Waals surface area (Å²) >= 11 is 0. The third kappa shape index (κ3) is 4.13. The van der Waals surface area contributed by atoms with Crippen molar-refractivity contribution in [2.24, 2.45) is 0 Å². The fourth-order valence-electron chi connectivity index (χ4n) is 3.94. The number of aromatic nitrogens is 3. The molecular formula is C22H24FN5O. The number of carbonyl (C=O) groups excluding carboxylic acids is 1. The van der Waals surface area contributed by atoms with E-state index >= 15 is 0 Å². The van der Waals surface area contributed by atoms with E-state index in [0.29, 0.717) is 12.1 Å². The molecule has 0 saturated carbocycles. The zero-order valence-corrected chi connectivity index (χ0v) is 16.6. The van der Waals surface area contributed by atoms with Crippen LogP contribution < -0.4 is 10.2 Å². The van der Waals surface area contributed by atoms with Crippen LogP contribution in [0.5, 0.6) is 0 Å². The number of nitrogens with zero attached hydrogens (tertiary/aromatic N) is 4. The van der Waals surface area contributed by atoms with Crippen molar-refractivity contribution >= 4 is 11.6 Å². The van der Waals surface area contributed by atoms with Gasteiger partial charge in [-0.05, 0) is 74.2 Å². The number of piperidine rings is 1. The number of anilines is 1. The minimum absolute atomic E-state index is 0.0510. The predicted octanol–water partition coefficient (Wildman–Crippen LogP) is 3.42. The second-order valence-corrected chi connectivity index (χ2v) is 7.53. The highest BCUT2D eigenvalue weighted by Crippen LogP contribution is 2.25. The van der Waals surface area contributed by atoms with Crippen molar-refractivity contribution in [2.75, 3.05) is 18.0 Å². The zero-order chi connectivity index (χ0) is 20.4. The average molecular weight is 393 g/mol. The summed E-state index contributed by atoms with van der Waals surface area (Å²) in [6.07, 6.45) is 5.01. The van der Waals surface area contributed by atoms with Crippen LogP contribution in [0.15, 0.2) is 49.1 Å².